The SMILES string of the molecule is NCC(=O)N1CCN(C(=O)C2CCCCC2)[C@@H](C(=O)N[C@H]2CCCNC2=O)C1. The summed E-state index contributed by atoms with van der Waals surface area (Å²) in [6.45, 7) is 1.29. The number of piperidine rings is 1. The molecule has 28 heavy (non-hydrogen) atoms. The van der Waals surface area contributed by atoms with Crippen LogP contribution in [0.3, 0.4) is 0 Å². The number of carbonyl (C=O) groups is 4. The predicted octanol–water partition coefficient (Wildman–Crippen LogP) is -1.04. The Morgan fingerprint density at radius 3 is 2.50 bits per heavy atom. The summed E-state index contributed by atoms with van der Waals surface area (Å²) in [4.78, 5) is 53.3. The Balaban J connectivity index is 1.73. The number of rotatable bonds is 4. The fourth-order valence-electron chi connectivity index (χ4n) is 4.39. The van der Waals surface area contributed by atoms with Crippen LogP contribution in [0.5, 0.6) is 0 Å². The molecule has 2 heterocycles. The van der Waals surface area contributed by atoms with Gasteiger partial charge in [-0.15, -0.1) is 0 Å². The molecule has 4 amide bonds. The van der Waals surface area contributed by atoms with E-state index < -0.39 is 12.1 Å². The summed E-state index contributed by atoms with van der Waals surface area (Å²) < 4.78 is 0. The highest BCUT2D eigenvalue weighted by Crippen LogP contribution is 2.27. The van der Waals surface area contributed by atoms with Crippen LogP contribution in [0.15, 0.2) is 0 Å². The van der Waals surface area contributed by atoms with Gasteiger partial charge in [-0.2, -0.15) is 0 Å². The molecule has 0 unspecified atom stereocenters. The molecule has 0 spiro atoms. The number of piperazine rings is 1. The van der Waals surface area contributed by atoms with E-state index in [-0.39, 0.29) is 42.6 Å². The quantitative estimate of drug-likeness (QED) is 0.563. The second kappa shape index (κ2) is 9.36. The van der Waals surface area contributed by atoms with Crippen molar-refractivity contribution in [2.24, 2.45) is 11.7 Å². The van der Waals surface area contributed by atoms with E-state index in [1.54, 1.807) is 4.90 Å². The van der Waals surface area contributed by atoms with Crippen LogP contribution in [-0.2, 0) is 19.2 Å². The van der Waals surface area contributed by atoms with Crippen molar-refractivity contribution in [3.63, 3.8) is 0 Å². The molecule has 0 aromatic heterocycles. The first-order valence-electron chi connectivity index (χ1n) is 10.4. The zero-order valence-corrected chi connectivity index (χ0v) is 16.3. The molecule has 9 heteroatoms. The van der Waals surface area contributed by atoms with Crippen LogP contribution >= 0.6 is 0 Å². The lowest BCUT2D eigenvalue weighted by molar-refractivity contribution is -0.151. The number of hydrogen-bond acceptors (Lipinski definition) is 5. The number of nitrogens with zero attached hydrogens (tertiary/aromatic N) is 2. The third-order valence-electron chi connectivity index (χ3n) is 6.05. The Hall–Kier alpha value is -2.16. The minimum absolute atomic E-state index is 0.00667. The molecule has 1 aliphatic carbocycles. The third-order valence-corrected chi connectivity index (χ3v) is 6.05. The lowest BCUT2D eigenvalue weighted by atomic mass is 9.87. The van der Waals surface area contributed by atoms with Crippen LogP contribution in [0.25, 0.3) is 0 Å². The number of amides is 4. The van der Waals surface area contributed by atoms with E-state index >= 15 is 0 Å². The van der Waals surface area contributed by atoms with Crippen molar-refractivity contribution in [2.75, 3.05) is 32.7 Å². The maximum atomic E-state index is 13.1. The molecule has 2 atom stereocenters. The first kappa shape index (κ1) is 20.6. The van der Waals surface area contributed by atoms with Crippen molar-refractivity contribution in [1.29, 1.82) is 0 Å². The van der Waals surface area contributed by atoms with Crippen molar-refractivity contribution < 1.29 is 19.2 Å². The molecule has 2 saturated heterocycles. The van der Waals surface area contributed by atoms with Gasteiger partial charge in [0.25, 0.3) is 0 Å². The van der Waals surface area contributed by atoms with Gasteiger partial charge in [0, 0.05) is 25.6 Å². The maximum absolute atomic E-state index is 13.1. The van der Waals surface area contributed by atoms with E-state index in [0.29, 0.717) is 26.1 Å². The Kier molecular flexibility index (Phi) is 6.88. The van der Waals surface area contributed by atoms with Gasteiger partial charge >= 0.3 is 0 Å². The highest BCUT2D eigenvalue weighted by atomic mass is 16.2. The summed E-state index contributed by atoms with van der Waals surface area (Å²) in [6, 6.07) is -1.37. The van der Waals surface area contributed by atoms with Crippen LogP contribution in [0, 0.1) is 5.92 Å². The van der Waals surface area contributed by atoms with Crippen LogP contribution in [0.4, 0.5) is 0 Å². The van der Waals surface area contributed by atoms with Crippen molar-refractivity contribution in [3.8, 4) is 0 Å². The summed E-state index contributed by atoms with van der Waals surface area (Å²) in [5.74, 6) is -0.874. The predicted molar refractivity (Wildman–Crippen MR) is 102 cm³/mol. The van der Waals surface area contributed by atoms with E-state index in [9.17, 15) is 19.2 Å². The summed E-state index contributed by atoms with van der Waals surface area (Å²) in [7, 11) is 0. The van der Waals surface area contributed by atoms with Gasteiger partial charge in [0.05, 0.1) is 13.1 Å². The van der Waals surface area contributed by atoms with Crippen molar-refractivity contribution in [3.05, 3.63) is 0 Å². The van der Waals surface area contributed by atoms with Crippen LogP contribution < -0.4 is 16.4 Å². The van der Waals surface area contributed by atoms with E-state index in [0.717, 1.165) is 38.5 Å². The molecule has 3 fully saturated rings. The number of nitrogens with two attached hydrogens (primary N) is 1. The van der Waals surface area contributed by atoms with E-state index in [4.69, 9.17) is 5.73 Å². The molecular formula is C19H31N5O4. The van der Waals surface area contributed by atoms with Crippen molar-refractivity contribution >= 4 is 23.6 Å². The first-order chi connectivity index (χ1) is 13.5. The normalized spacial score (nSPS) is 26.5. The highest BCUT2D eigenvalue weighted by Gasteiger charge is 2.40. The standard InChI is InChI=1S/C19H31N5O4/c20-11-16(25)23-9-10-24(19(28)13-5-2-1-3-6-13)15(12-23)18(27)22-14-7-4-8-21-17(14)26/h13-15H,1-12,20H2,(H,21,26)(H,22,27)/t14-,15+/m0/s1. The second-order valence-corrected chi connectivity index (χ2v) is 7.92. The summed E-state index contributed by atoms with van der Waals surface area (Å²) >= 11 is 0. The van der Waals surface area contributed by atoms with Gasteiger partial charge in [0.15, 0.2) is 0 Å². The second-order valence-electron chi connectivity index (χ2n) is 7.92. The maximum Gasteiger partial charge on any atom is 0.245 e. The van der Waals surface area contributed by atoms with Crippen LogP contribution in [-0.4, -0.2) is 78.2 Å². The minimum Gasteiger partial charge on any atom is -0.354 e. The van der Waals surface area contributed by atoms with Gasteiger partial charge in [0.1, 0.15) is 12.1 Å². The number of carbonyl (C=O) groups excluding carboxylic acids is 4. The summed E-state index contributed by atoms with van der Waals surface area (Å²) in [5.41, 5.74) is 5.48. The molecule has 0 aromatic carbocycles. The molecular weight excluding hydrogens is 362 g/mol. The van der Waals surface area contributed by atoms with Gasteiger partial charge < -0.3 is 26.2 Å². The fourth-order valence-corrected chi connectivity index (χ4v) is 4.39. The zero-order valence-electron chi connectivity index (χ0n) is 16.3. The van der Waals surface area contributed by atoms with Crippen molar-refractivity contribution in [1.82, 2.24) is 20.4 Å². The molecule has 3 rings (SSSR count). The van der Waals surface area contributed by atoms with Crippen LogP contribution in [0.2, 0.25) is 0 Å². The molecule has 0 radical (unpaired) electrons. The molecule has 2 aliphatic heterocycles. The molecule has 0 aromatic rings. The van der Waals surface area contributed by atoms with E-state index in [1.807, 2.05) is 0 Å². The summed E-state index contributed by atoms with van der Waals surface area (Å²) in [5, 5.41) is 5.54. The molecule has 4 N–H and O–H groups in total. The smallest absolute Gasteiger partial charge is 0.245 e. The Bertz CT molecular complexity index is 619. The average molecular weight is 393 g/mol. The summed E-state index contributed by atoms with van der Waals surface area (Å²) in [6.07, 6.45) is 6.27. The largest absolute Gasteiger partial charge is 0.354 e. The zero-order chi connectivity index (χ0) is 20.1. The number of nitrogens with one attached hydrogen (secondary N) is 2. The van der Waals surface area contributed by atoms with E-state index in [2.05, 4.69) is 10.6 Å². The molecule has 156 valence electrons. The molecule has 0 bridgehead atoms. The van der Waals surface area contributed by atoms with Gasteiger partial charge in [0.2, 0.25) is 23.6 Å². The first-order valence-corrected chi connectivity index (χ1v) is 10.4. The highest BCUT2D eigenvalue weighted by molar-refractivity contribution is 5.93. The molecule has 3 aliphatic rings. The fraction of sp³-hybridized carbons (Fsp3) is 0.789. The lowest BCUT2D eigenvalue weighted by Crippen LogP contribution is -2.64. The van der Waals surface area contributed by atoms with Gasteiger partial charge in [-0.3, -0.25) is 19.2 Å². The number of hydrogen-bond donors (Lipinski definition) is 3. The van der Waals surface area contributed by atoms with Crippen molar-refractivity contribution in [2.45, 2.75) is 57.0 Å². The average Bonchev–Trinajstić information content (AvgIpc) is 2.74. The van der Waals surface area contributed by atoms with Gasteiger partial charge in [-0.25, -0.2) is 0 Å². The van der Waals surface area contributed by atoms with E-state index in [1.165, 1.54) is 4.90 Å². The topological polar surface area (TPSA) is 125 Å². The minimum atomic E-state index is -0.784. The Morgan fingerprint density at radius 2 is 1.82 bits per heavy atom. The Morgan fingerprint density at radius 1 is 1.07 bits per heavy atom. The monoisotopic (exact) mass is 393 g/mol. The third kappa shape index (κ3) is 4.63. The molecule has 9 nitrogen and oxygen atoms in total. The van der Waals surface area contributed by atoms with Gasteiger partial charge in [-0.1, -0.05) is 19.3 Å². The van der Waals surface area contributed by atoms with Gasteiger partial charge in [-0.05, 0) is 25.7 Å². The lowest BCUT2D eigenvalue weighted by Gasteiger charge is -2.42. The molecule has 1 saturated carbocycles. The Labute approximate surface area is 165 Å². The van der Waals surface area contributed by atoms with Crippen LogP contribution in [0.1, 0.15) is 44.9 Å².